The second-order valence-electron chi connectivity index (χ2n) is 5.95. The molecule has 0 radical (unpaired) electrons. The van der Waals surface area contributed by atoms with Crippen LogP contribution in [0.25, 0.3) is 0 Å². The van der Waals surface area contributed by atoms with E-state index in [0.717, 1.165) is 44.8 Å². The van der Waals surface area contributed by atoms with E-state index >= 15 is 0 Å². The van der Waals surface area contributed by atoms with E-state index in [0.29, 0.717) is 13.0 Å². The van der Waals surface area contributed by atoms with Gasteiger partial charge in [-0.3, -0.25) is 4.79 Å². The quantitative estimate of drug-likeness (QED) is 0.908. The number of rotatable bonds is 5. The Labute approximate surface area is 133 Å². The number of carbonyl (C=O) groups excluding carboxylic acids is 1. The number of amides is 1. The molecule has 0 atom stereocenters. The summed E-state index contributed by atoms with van der Waals surface area (Å²) in [5, 5.41) is 3.33. The fourth-order valence-corrected chi connectivity index (χ4v) is 3.08. The lowest BCUT2D eigenvalue weighted by Gasteiger charge is -2.20. The topological polar surface area (TPSA) is 41.6 Å². The fraction of sp³-hybridized carbons (Fsp3) is 0.611. The van der Waals surface area contributed by atoms with Crippen LogP contribution in [0.5, 0.6) is 5.75 Å². The predicted octanol–water partition coefficient (Wildman–Crippen LogP) is 2.46. The van der Waals surface area contributed by atoms with Gasteiger partial charge in [-0.1, -0.05) is 0 Å². The lowest BCUT2D eigenvalue weighted by Crippen LogP contribution is -2.34. The van der Waals surface area contributed by atoms with Crippen LogP contribution in [0.2, 0.25) is 0 Å². The van der Waals surface area contributed by atoms with Crippen molar-refractivity contribution in [3.8, 4) is 5.75 Å². The summed E-state index contributed by atoms with van der Waals surface area (Å²) in [6.45, 7) is 10.5. The van der Waals surface area contributed by atoms with E-state index in [1.54, 1.807) is 0 Å². The molecule has 0 unspecified atom stereocenters. The summed E-state index contributed by atoms with van der Waals surface area (Å²) >= 11 is 0. The van der Waals surface area contributed by atoms with Crippen LogP contribution in [0.3, 0.4) is 0 Å². The van der Waals surface area contributed by atoms with E-state index in [9.17, 15) is 4.79 Å². The van der Waals surface area contributed by atoms with Gasteiger partial charge in [0.15, 0.2) is 0 Å². The minimum absolute atomic E-state index is 0.274. The molecule has 1 aliphatic rings. The van der Waals surface area contributed by atoms with E-state index < -0.39 is 0 Å². The van der Waals surface area contributed by atoms with Gasteiger partial charge in [0.05, 0.1) is 6.61 Å². The van der Waals surface area contributed by atoms with E-state index in [-0.39, 0.29) is 5.91 Å². The largest absolute Gasteiger partial charge is 0.494 e. The number of nitrogens with one attached hydrogen (secondary N) is 1. The van der Waals surface area contributed by atoms with E-state index in [1.165, 1.54) is 16.7 Å². The lowest BCUT2D eigenvalue weighted by molar-refractivity contribution is -0.130. The smallest absolute Gasteiger partial charge is 0.222 e. The van der Waals surface area contributed by atoms with Gasteiger partial charge < -0.3 is 15.0 Å². The van der Waals surface area contributed by atoms with Gasteiger partial charge in [0, 0.05) is 26.1 Å². The first kappa shape index (κ1) is 16.8. The minimum Gasteiger partial charge on any atom is -0.494 e. The van der Waals surface area contributed by atoms with Crippen LogP contribution < -0.4 is 10.1 Å². The Morgan fingerprint density at radius 3 is 2.64 bits per heavy atom. The van der Waals surface area contributed by atoms with Crippen molar-refractivity contribution in [1.29, 1.82) is 0 Å². The van der Waals surface area contributed by atoms with Crippen molar-refractivity contribution in [3.63, 3.8) is 0 Å². The maximum absolute atomic E-state index is 12.4. The molecule has 1 fully saturated rings. The van der Waals surface area contributed by atoms with Crippen LogP contribution in [-0.2, 0) is 11.2 Å². The molecule has 4 nitrogen and oxygen atoms in total. The molecule has 1 aliphatic heterocycles. The molecule has 1 N–H and O–H groups in total. The Morgan fingerprint density at radius 1 is 1.23 bits per heavy atom. The van der Waals surface area contributed by atoms with Gasteiger partial charge in [-0.15, -0.1) is 0 Å². The normalized spacial score (nSPS) is 15.5. The monoisotopic (exact) mass is 304 g/mol. The highest BCUT2D eigenvalue weighted by molar-refractivity contribution is 5.76. The number of aryl methyl sites for hydroxylation is 2. The average molecular weight is 304 g/mol. The van der Waals surface area contributed by atoms with Crippen LogP contribution >= 0.6 is 0 Å². The Balaban J connectivity index is 1.97. The summed E-state index contributed by atoms with van der Waals surface area (Å²) < 4.78 is 5.58. The highest BCUT2D eigenvalue weighted by Gasteiger charge is 2.16. The number of benzene rings is 1. The molecule has 1 heterocycles. The third kappa shape index (κ3) is 4.47. The second-order valence-corrected chi connectivity index (χ2v) is 5.95. The summed E-state index contributed by atoms with van der Waals surface area (Å²) in [4.78, 5) is 14.4. The van der Waals surface area contributed by atoms with E-state index in [1.807, 2.05) is 11.8 Å². The van der Waals surface area contributed by atoms with Crippen LogP contribution in [0.4, 0.5) is 0 Å². The zero-order valence-electron chi connectivity index (χ0n) is 14.1. The zero-order valence-corrected chi connectivity index (χ0v) is 14.1. The first-order valence-corrected chi connectivity index (χ1v) is 8.33. The Bertz CT molecular complexity index is 483. The number of carbonyl (C=O) groups is 1. The van der Waals surface area contributed by atoms with Crippen molar-refractivity contribution in [2.45, 2.75) is 40.0 Å². The summed E-state index contributed by atoms with van der Waals surface area (Å²) in [7, 11) is 0. The highest BCUT2D eigenvalue weighted by atomic mass is 16.5. The number of hydrogen-bond donors (Lipinski definition) is 1. The molecule has 0 bridgehead atoms. The molecular formula is C18H28N2O2. The molecule has 2 rings (SSSR count). The first-order valence-electron chi connectivity index (χ1n) is 8.33. The Kier molecular flexibility index (Phi) is 6.25. The molecule has 0 spiro atoms. The standard InChI is InChI=1S/C18H28N2O2/c1-4-22-16-12-14(2)17(15(3)13-16)6-7-18(21)20-10-5-8-19-9-11-20/h12-13,19H,4-11H2,1-3H3. The molecule has 22 heavy (non-hydrogen) atoms. The van der Waals surface area contributed by atoms with Crippen molar-refractivity contribution < 1.29 is 9.53 Å². The van der Waals surface area contributed by atoms with E-state index in [4.69, 9.17) is 4.74 Å². The van der Waals surface area contributed by atoms with Gasteiger partial charge in [0.25, 0.3) is 0 Å². The summed E-state index contributed by atoms with van der Waals surface area (Å²) in [6.07, 6.45) is 2.45. The minimum atomic E-state index is 0.274. The molecule has 4 heteroatoms. The molecule has 1 aromatic rings. The van der Waals surface area contributed by atoms with Crippen molar-refractivity contribution >= 4 is 5.91 Å². The molecule has 0 aromatic heterocycles. The number of hydrogen-bond acceptors (Lipinski definition) is 3. The maximum Gasteiger partial charge on any atom is 0.222 e. The van der Waals surface area contributed by atoms with Crippen LogP contribution in [-0.4, -0.2) is 43.6 Å². The third-order valence-electron chi connectivity index (χ3n) is 4.26. The van der Waals surface area contributed by atoms with Gasteiger partial charge in [0.2, 0.25) is 5.91 Å². The molecule has 1 amide bonds. The molecule has 1 aromatic carbocycles. The average Bonchev–Trinajstić information content (AvgIpc) is 2.75. The molecule has 0 aliphatic carbocycles. The lowest BCUT2D eigenvalue weighted by atomic mass is 9.98. The van der Waals surface area contributed by atoms with Gasteiger partial charge in [-0.25, -0.2) is 0 Å². The summed E-state index contributed by atoms with van der Waals surface area (Å²) in [5.74, 6) is 1.20. The predicted molar refractivity (Wildman–Crippen MR) is 89.5 cm³/mol. The van der Waals surface area contributed by atoms with Crippen molar-refractivity contribution in [3.05, 3.63) is 28.8 Å². The van der Waals surface area contributed by atoms with Gasteiger partial charge in [-0.2, -0.15) is 0 Å². The van der Waals surface area contributed by atoms with Crippen molar-refractivity contribution in [1.82, 2.24) is 10.2 Å². The SMILES string of the molecule is CCOc1cc(C)c(CCC(=O)N2CCCNCC2)c(C)c1. The van der Waals surface area contributed by atoms with Crippen LogP contribution in [0, 0.1) is 13.8 Å². The van der Waals surface area contributed by atoms with Crippen LogP contribution in [0.15, 0.2) is 12.1 Å². The zero-order chi connectivity index (χ0) is 15.9. The third-order valence-corrected chi connectivity index (χ3v) is 4.26. The van der Waals surface area contributed by atoms with E-state index in [2.05, 4.69) is 31.3 Å². The van der Waals surface area contributed by atoms with Crippen molar-refractivity contribution in [2.75, 3.05) is 32.8 Å². The van der Waals surface area contributed by atoms with Gasteiger partial charge in [-0.05, 0) is 69.0 Å². The maximum atomic E-state index is 12.4. The van der Waals surface area contributed by atoms with Gasteiger partial charge in [0.1, 0.15) is 5.75 Å². The Hall–Kier alpha value is -1.55. The highest BCUT2D eigenvalue weighted by Crippen LogP contribution is 2.23. The first-order chi connectivity index (χ1) is 10.6. The van der Waals surface area contributed by atoms with Crippen molar-refractivity contribution in [2.24, 2.45) is 0 Å². The van der Waals surface area contributed by atoms with Crippen LogP contribution in [0.1, 0.15) is 36.5 Å². The molecule has 0 saturated carbocycles. The number of ether oxygens (including phenoxy) is 1. The molecule has 122 valence electrons. The molecule has 1 saturated heterocycles. The Morgan fingerprint density at radius 2 is 1.95 bits per heavy atom. The molecular weight excluding hydrogens is 276 g/mol. The summed E-state index contributed by atoms with van der Waals surface area (Å²) in [5.41, 5.74) is 3.72. The fourth-order valence-electron chi connectivity index (χ4n) is 3.08. The van der Waals surface area contributed by atoms with Gasteiger partial charge >= 0.3 is 0 Å². The summed E-state index contributed by atoms with van der Waals surface area (Å²) in [6, 6.07) is 4.15. The number of nitrogens with zero attached hydrogens (tertiary/aromatic N) is 1. The second kappa shape index (κ2) is 8.18.